The molecule has 2 N–H and O–H groups in total. The minimum Gasteiger partial charge on any atom is -0.493 e. The number of guanidine groups is 1. The van der Waals surface area contributed by atoms with Crippen LogP contribution in [0.15, 0.2) is 45.8 Å². The normalized spacial score (nSPS) is 13.2. The highest BCUT2D eigenvalue weighted by atomic mass is 16.5. The van der Waals surface area contributed by atoms with Gasteiger partial charge in [-0.2, -0.15) is 0 Å². The van der Waals surface area contributed by atoms with Crippen molar-refractivity contribution < 1.29 is 23.5 Å². The second-order valence-electron chi connectivity index (χ2n) is 4.87. The fourth-order valence-corrected chi connectivity index (χ4v) is 2.07. The summed E-state index contributed by atoms with van der Waals surface area (Å²) < 4.78 is 16.2. The molecule has 1 aliphatic rings. The first-order valence-corrected chi connectivity index (χ1v) is 7.16. The Morgan fingerprint density at radius 1 is 1.29 bits per heavy atom. The van der Waals surface area contributed by atoms with Gasteiger partial charge in [-0.1, -0.05) is 12.1 Å². The smallest absolute Gasteiger partial charge is 0.293 e. The number of para-hydroxylation sites is 2. The fraction of sp³-hybridized carbons (Fsp3) is 0.188. The van der Waals surface area contributed by atoms with Crippen LogP contribution < -0.4 is 20.1 Å². The van der Waals surface area contributed by atoms with Crippen LogP contribution in [0.25, 0.3) is 0 Å². The van der Waals surface area contributed by atoms with Crippen LogP contribution >= 0.6 is 0 Å². The number of furan rings is 1. The first-order valence-electron chi connectivity index (χ1n) is 7.16. The maximum absolute atomic E-state index is 12.0. The first-order chi connectivity index (χ1) is 11.7. The average molecular weight is 329 g/mol. The first kappa shape index (κ1) is 15.6. The van der Waals surface area contributed by atoms with E-state index in [4.69, 9.17) is 13.9 Å². The Morgan fingerprint density at radius 3 is 2.79 bits per heavy atom. The lowest BCUT2D eigenvalue weighted by Crippen LogP contribution is -2.39. The van der Waals surface area contributed by atoms with Crippen molar-refractivity contribution in [3.05, 3.63) is 47.9 Å². The van der Waals surface area contributed by atoms with Crippen LogP contribution in [-0.4, -0.2) is 31.4 Å². The van der Waals surface area contributed by atoms with Gasteiger partial charge >= 0.3 is 0 Å². The predicted molar refractivity (Wildman–Crippen MR) is 83.9 cm³/mol. The van der Waals surface area contributed by atoms with Crippen LogP contribution in [0.5, 0.6) is 11.5 Å². The van der Waals surface area contributed by atoms with Crippen LogP contribution in [-0.2, 0) is 11.4 Å². The summed E-state index contributed by atoms with van der Waals surface area (Å²) in [5.41, 5.74) is 0. The number of rotatable bonds is 5. The largest absolute Gasteiger partial charge is 0.493 e. The van der Waals surface area contributed by atoms with E-state index in [1.54, 1.807) is 25.3 Å². The lowest BCUT2D eigenvalue weighted by molar-refractivity contribution is -0.117. The van der Waals surface area contributed by atoms with E-state index in [0.717, 1.165) is 0 Å². The molecule has 0 saturated carbocycles. The van der Waals surface area contributed by atoms with Gasteiger partial charge in [0.2, 0.25) is 11.9 Å². The maximum Gasteiger partial charge on any atom is 0.293 e. The van der Waals surface area contributed by atoms with E-state index in [9.17, 15) is 9.59 Å². The average Bonchev–Trinajstić information content (AvgIpc) is 3.22. The minimum absolute atomic E-state index is 0.00572. The number of ether oxygens (including phenoxy) is 2. The molecule has 0 unspecified atom stereocenters. The van der Waals surface area contributed by atoms with Gasteiger partial charge in [0.25, 0.3) is 5.91 Å². The van der Waals surface area contributed by atoms with Gasteiger partial charge in [-0.25, -0.2) is 4.99 Å². The Bertz CT molecular complexity index is 797. The van der Waals surface area contributed by atoms with Gasteiger partial charge in [-0.3, -0.25) is 20.2 Å². The molecule has 8 nitrogen and oxygen atoms in total. The molecule has 0 radical (unpaired) electrons. The molecular formula is C16H15N3O5. The van der Waals surface area contributed by atoms with E-state index < -0.39 is 5.91 Å². The maximum atomic E-state index is 12.0. The number of methoxy groups -OCH3 is 1. The summed E-state index contributed by atoms with van der Waals surface area (Å²) in [5, 5.41) is 4.87. The molecule has 2 aromatic rings. The summed E-state index contributed by atoms with van der Waals surface area (Å²) in [6.07, 6.45) is 0. The molecule has 1 aromatic carbocycles. The zero-order valence-electron chi connectivity index (χ0n) is 12.9. The molecule has 0 bridgehead atoms. The molecule has 3 rings (SSSR count). The van der Waals surface area contributed by atoms with Crippen molar-refractivity contribution in [2.24, 2.45) is 4.99 Å². The van der Waals surface area contributed by atoms with Crippen molar-refractivity contribution >= 4 is 17.8 Å². The van der Waals surface area contributed by atoms with Crippen molar-refractivity contribution in [1.82, 2.24) is 10.6 Å². The number of hydrogen-bond acceptors (Lipinski definition) is 6. The van der Waals surface area contributed by atoms with Crippen LogP contribution in [0, 0.1) is 0 Å². The van der Waals surface area contributed by atoms with Gasteiger partial charge in [0.15, 0.2) is 17.3 Å². The van der Waals surface area contributed by atoms with E-state index in [1.165, 1.54) is 6.07 Å². The Kier molecular flexibility index (Phi) is 4.46. The summed E-state index contributed by atoms with van der Waals surface area (Å²) >= 11 is 0. The zero-order chi connectivity index (χ0) is 16.9. The Hall–Kier alpha value is -3.29. The Balaban J connectivity index is 1.59. The molecule has 1 aliphatic heterocycles. The minimum atomic E-state index is -0.500. The molecule has 0 saturated heterocycles. The lowest BCUT2D eigenvalue weighted by Gasteiger charge is -2.08. The van der Waals surface area contributed by atoms with Gasteiger partial charge in [0.05, 0.1) is 7.11 Å². The van der Waals surface area contributed by atoms with Crippen molar-refractivity contribution in [2.75, 3.05) is 13.7 Å². The molecule has 2 amide bonds. The number of carbonyl (C=O) groups is 2. The highest BCUT2D eigenvalue weighted by Crippen LogP contribution is 2.26. The van der Waals surface area contributed by atoms with E-state index in [2.05, 4.69) is 15.6 Å². The van der Waals surface area contributed by atoms with Gasteiger partial charge in [0, 0.05) is 0 Å². The van der Waals surface area contributed by atoms with E-state index in [1.807, 2.05) is 12.1 Å². The highest BCUT2D eigenvalue weighted by molar-refractivity contribution is 6.11. The summed E-state index contributed by atoms with van der Waals surface area (Å²) in [6.45, 7) is 0.150. The summed E-state index contributed by atoms with van der Waals surface area (Å²) in [6, 6.07) is 10.4. The van der Waals surface area contributed by atoms with E-state index in [0.29, 0.717) is 17.3 Å². The van der Waals surface area contributed by atoms with Crippen LogP contribution in [0.1, 0.15) is 16.3 Å². The molecule has 0 atom stereocenters. The van der Waals surface area contributed by atoms with Gasteiger partial charge in [-0.15, -0.1) is 0 Å². The Morgan fingerprint density at radius 2 is 2.08 bits per heavy atom. The predicted octanol–water partition coefficient (Wildman–Crippen LogP) is 1.08. The van der Waals surface area contributed by atoms with Gasteiger partial charge < -0.3 is 13.9 Å². The van der Waals surface area contributed by atoms with Crippen molar-refractivity contribution in [3.8, 4) is 11.5 Å². The fourth-order valence-electron chi connectivity index (χ4n) is 2.07. The van der Waals surface area contributed by atoms with Crippen LogP contribution in [0.4, 0.5) is 0 Å². The second-order valence-corrected chi connectivity index (χ2v) is 4.87. The molecule has 0 aliphatic carbocycles. The SMILES string of the molecule is COc1ccccc1OCc1ccc(C(=O)NC2=NCC(=O)N2)o1. The van der Waals surface area contributed by atoms with Crippen LogP contribution in [0.2, 0.25) is 0 Å². The van der Waals surface area contributed by atoms with Gasteiger partial charge in [-0.05, 0) is 24.3 Å². The molecule has 8 heteroatoms. The Labute approximate surface area is 137 Å². The zero-order valence-corrected chi connectivity index (χ0v) is 12.9. The standard InChI is InChI=1S/C16H15N3O5/c1-22-11-4-2-3-5-12(11)23-9-10-6-7-13(24-10)15(21)19-16-17-8-14(20)18-16/h2-7H,8-9H2,1H3,(H2,17,18,19,20,21). The molecule has 2 heterocycles. The number of nitrogens with one attached hydrogen (secondary N) is 2. The third-order valence-electron chi connectivity index (χ3n) is 3.19. The van der Waals surface area contributed by atoms with Crippen molar-refractivity contribution in [3.63, 3.8) is 0 Å². The van der Waals surface area contributed by atoms with Crippen molar-refractivity contribution in [1.29, 1.82) is 0 Å². The number of nitrogens with zero attached hydrogens (tertiary/aromatic N) is 1. The summed E-state index contributed by atoms with van der Waals surface area (Å²) in [5.74, 6) is 1.10. The van der Waals surface area contributed by atoms with E-state index >= 15 is 0 Å². The number of hydrogen-bond donors (Lipinski definition) is 2. The van der Waals surface area contributed by atoms with E-state index in [-0.39, 0.29) is 30.8 Å². The second kappa shape index (κ2) is 6.86. The van der Waals surface area contributed by atoms with Crippen molar-refractivity contribution in [2.45, 2.75) is 6.61 Å². The summed E-state index contributed by atoms with van der Waals surface area (Å²) in [7, 11) is 1.56. The monoisotopic (exact) mass is 329 g/mol. The third-order valence-corrected chi connectivity index (χ3v) is 3.19. The molecule has 0 spiro atoms. The number of amides is 2. The molecule has 0 fully saturated rings. The van der Waals surface area contributed by atoms with Gasteiger partial charge in [0.1, 0.15) is 18.9 Å². The topological polar surface area (TPSA) is 102 Å². The molecular weight excluding hydrogens is 314 g/mol. The van der Waals surface area contributed by atoms with Crippen LogP contribution in [0.3, 0.4) is 0 Å². The molecule has 24 heavy (non-hydrogen) atoms. The number of benzene rings is 1. The third kappa shape index (κ3) is 3.54. The molecule has 124 valence electrons. The number of carbonyl (C=O) groups excluding carboxylic acids is 2. The number of aliphatic imine (C=N–C) groups is 1. The lowest BCUT2D eigenvalue weighted by atomic mass is 10.3. The highest BCUT2D eigenvalue weighted by Gasteiger charge is 2.18. The quantitative estimate of drug-likeness (QED) is 0.855. The molecule has 1 aromatic heterocycles. The summed E-state index contributed by atoms with van der Waals surface area (Å²) in [4.78, 5) is 26.8.